The highest BCUT2D eigenvalue weighted by Crippen LogP contribution is 2.55. The van der Waals surface area contributed by atoms with Crippen molar-refractivity contribution in [3.63, 3.8) is 0 Å². The molecule has 24 heavy (non-hydrogen) atoms. The quantitative estimate of drug-likeness (QED) is 0.821. The van der Waals surface area contributed by atoms with Crippen molar-refractivity contribution < 1.29 is 23.1 Å². The van der Waals surface area contributed by atoms with E-state index in [-0.39, 0.29) is 31.5 Å². The largest absolute Gasteiger partial charge is 0.393 e. The molecule has 5 fully saturated rings. The highest BCUT2D eigenvalue weighted by Gasteiger charge is 2.55. The predicted molar refractivity (Wildman–Crippen MR) is 81.0 cm³/mol. The maximum atomic E-state index is 12.7. The molecule has 0 radical (unpaired) electrons. The van der Waals surface area contributed by atoms with Gasteiger partial charge in [0.15, 0.2) is 0 Å². The molecule has 0 spiro atoms. The van der Waals surface area contributed by atoms with Crippen molar-refractivity contribution in [2.45, 2.75) is 56.3 Å². The smallest absolute Gasteiger partial charge is 0.390 e. The van der Waals surface area contributed by atoms with Gasteiger partial charge in [-0.3, -0.25) is 9.69 Å². The summed E-state index contributed by atoms with van der Waals surface area (Å²) >= 11 is 0. The van der Waals surface area contributed by atoms with Crippen LogP contribution < -0.4 is 5.32 Å². The van der Waals surface area contributed by atoms with E-state index in [1.54, 1.807) is 4.90 Å². The Hall–Kier alpha value is -0.820. The zero-order valence-corrected chi connectivity index (χ0v) is 13.7. The fraction of sp³-hybridized carbons (Fsp3) is 0.941. The molecule has 0 aromatic heterocycles. The summed E-state index contributed by atoms with van der Waals surface area (Å²) < 4.78 is 38.2. The van der Waals surface area contributed by atoms with Crippen molar-refractivity contribution in [2.24, 2.45) is 23.7 Å². The summed E-state index contributed by atoms with van der Waals surface area (Å²) in [5.41, 5.74) is -0.535. The zero-order valence-electron chi connectivity index (χ0n) is 13.7. The van der Waals surface area contributed by atoms with E-state index in [4.69, 9.17) is 0 Å². The molecule has 0 aromatic rings. The lowest BCUT2D eigenvalue weighted by Gasteiger charge is -2.58. The SMILES string of the molecule is O=C(CN1CC[C@H](C(F)(F)F)C1)NC1[C@@H]2CC3C[C@H]1CC(O)(C3)C2. The first-order chi connectivity index (χ1) is 11.2. The number of halogens is 3. The van der Waals surface area contributed by atoms with Crippen molar-refractivity contribution >= 4 is 5.91 Å². The zero-order chi connectivity index (χ0) is 17.1. The number of carbonyl (C=O) groups excluding carboxylic acids is 1. The Morgan fingerprint density at radius 3 is 2.42 bits per heavy atom. The molecule has 1 aliphatic heterocycles. The van der Waals surface area contributed by atoms with E-state index >= 15 is 0 Å². The molecule has 0 aromatic carbocycles. The van der Waals surface area contributed by atoms with Gasteiger partial charge in [-0.25, -0.2) is 0 Å². The Bertz CT molecular complexity index is 508. The lowest BCUT2D eigenvalue weighted by atomic mass is 9.52. The number of hydrogen-bond donors (Lipinski definition) is 2. The second kappa shape index (κ2) is 5.59. The first-order valence-electron chi connectivity index (χ1n) is 9.03. The van der Waals surface area contributed by atoms with E-state index in [9.17, 15) is 23.1 Å². The van der Waals surface area contributed by atoms with Crippen LogP contribution in [0.15, 0.2) is 0 Å². The van der Waals surface area contributed by atoms with E-state index in [0.29, 0.717) is 24.3 Å². The number of amides is 1. The fourth-order valence-electron chi connectivity index (χ4n) is 5.90. The van der Waals surface area contributed by atoms with Gasteiger partial charge in [0.25, 0.3) is 0 Å². The van der Waals surface area contributed by atoms with Crippen molar-refractivity contribution in [3.05, 3.63) is 0 Å². The standard InChI is InChI=1S/C17H25F3N2O2/c18-17(19,20)13-1-2-22(8-13)9-14(23)21-15-11-3-10-4-12(15)7-16(24,5-10)6-11/h10-13,15,24H,1-9H2,(H,21,23)/t10?,11-,12+,13-,15?,16?/m0/s1. The molecule has 136 valence electrons. The lowest BCUT2D eigenvalue weighted by Crippen LogP contribution is -2.62. The molecule has 5 aliphatic rings. The summed E-state index contributed by atoms with van der Waals surface area (Å²) in [6.45, 7) is 0.309. The number of alkyl halides is 3. The van der Waals surface area contributed by atoms with E-state index < -0.39 is 17.7 Å². The van der Waals surface area contributed by atoms with Crippen LogP contribution in [-0.2, 0) is 4.79 Å². The Balaban J connectivity index is 1.31. The molecule has 1 amide bonds. The number of nitrogens with zero attached hydrogens (tertiary/aromatic N) is 1. The molecule has 4 bridgehead atoms. The van der Waals surface area contributed by atoms with Gasteiger partial charge >= 0.3 is 6.18 Å². The number of nitrogens with one attached hydrogen (secondary N) is 1. The first kappa shape index (κ1) is 16.6. The Kier molecular flexibility index (Phi) is 3.88. The average Bonchev–Trinajstić information content (AvgIpc) is 2.89. The van der Waals surface area contributed by atoms with Gasteiger partial charge in [-0.2, -0.15) is 13.2 Å². The van der Waals surface area contributed by atoms with Crippen LogP contribution in [0.5, 0.6) is 0 Å². The molecule has 2 N–H and O–H groups in total. The Morgan fingerprint density at radius 1 is 1.21 bits per heavy atom. The number of likely N-dealkylation sites (tertiary alicyclic amines) is 1. The normalized spacial score (nSPS) is 44.9. The van der Waals surface area contributed by atoms with E-state index in [0.717, 1.165) is 32.1 Å². The third kappa shape index (κ3) is 3.05. The molecule has 4 saturated carbocycles. The molecule has 6 atom stereocenters. The summed E-state index contributed by atoms with van der Waals surface area (Å²) in [6, 6.07) is 0.0929. The van der Waals surface area contributed by atoms with E-state index in [1.165, 1.54) is 0 Å². The van der Waals surface area contributed by atoms with Gasteiger partial charge in [0, 0.05) is 12.6 Å². The second-order valence-corrected chi connectivity index (χ2v) is 8.55. The first-order valence-corrected chi connectivity index (χ1v) is 9.03. The molecular weight excluding hydrogens is 321 g/mol. The predicted octanol–water partition coefficient (Wildman–Crippen LogP) is 1.93. The van der Waals surface area contributed by atoms with Crippen LogP contribution in [0.3, 0.4) is 0 Å². The summed E-state index contributed by atoms with van der Waals surface area (Å²) in [4.78, 5) is 13.9. The van der Waals surface area contributed by atoms with E-state index in [1.807, 2.05) is 0 Å². The minimum atomic E-state index is -4.16. The topological polar surface area (TPSA) is 52.6 Å². The summed E-state index contributed by atoms with van der Waals surface area (Å²) in [7, 11) is 0. The van der Waals surface area contributed by atoms with Gasteiger partial charge in [-0.1, -0.05) is 0 Å². The maximum Gasteiger partial charge on any atom is 0.393 e. The van der Waals surface area contributed by atoms with Crippen molar-refractivity contribution in [1.82, 2.24) is 10.2 Å². The number of carbonyl (C=O) groups is 1. The van der Waals surface area contributed by atoms with Gasteiger partial charge in [-0.15, -0.1) is 0 Å². The van der Waals surface area contributed by atoms with Crippen LogP contribution in [0, 0.1) is 23.7 Å². The van der Waals surface area contributed by atoms with E-state index in [2.05, 4.69) is 5.32 Å². The van der Waals surface area contributed by atoms with Crippen molar-refractivity contribution in [2.75, 3.05) is 19.6 Å². The molecule has 7 heteroatoms. The molecule has 1 saturated heterocycles. The number of hydrogen-bond acceptors (Lipinski definition) is 3. The fourth-order valence-corrected chi connectivity index (χ4v) is 5.90. The van der Waals surface area contributed by atoms with Gasteiger partial charge in [-0.05, 0) is 62.8 Å². The minimum absolute atomic E-state index is 0.0518. The molecule has 4 nitrogen and oxygen atoms in total. The highest BCUT2D eigenvalue weighted by molar-refractivity contribution is 5.78. The molecular formula is C17H25F3N2O2. The van der Waals surface area contributed by atoms with Crippen LogP contribution in [0.4, 0.5) is 13.2 Å². The van der Waals surface area contributed by atoms with Crippen LogP contribution in [-0.4, -0.2) is 53.4 Å². The van der Waals surface area contributed by atoms with Crippen LogP contribution >= 0.6 is 0 Å². The minimum Gasteiger partial charge on any atom is -0.390 e. The summed E-state index contributed by atoms with van der Waals surface area (Å²) in [5.74, 6) is -0.242. The van der Waals surface area contributed by atoms with Crippen LogP contribution in [0.2, 0.25) is 0 Å². The van der Waals surface area contributed by atoms with Gasteiger partial charge in [0.2, 0.25) is 5.91 Å². The molecule has 3 unspecified atom stereocenters. The van der Waals surface area contributed by atoms with Gasteiger partial charge < -0.3 is 10.4 Å². The van der Waals surface area contributed by atoms with Crippen molar-refractivity contribution in [1.29, 1.82) is 0 Å². The average molecular weight is 346 g/mol. The van der Waals surface area contributed by atoms with Crippen molar-refractivity contribution in [3.8, 4) is 0 Å². The Morgan fingerprint density at radius 2 is 1.88 bits per heavy atom. The lowest BCUT2D eigenvalue weighted by molar-refractivity contribution is -0.170. The molecule has 5 rings (SSSR count). The highest BCUT2D eigenvalue weighted by atomic mass is 19.4. The summed E-state index contributed by atoms with van der Waals surface area (Å²) in [5, 5.41) is 13.6. The molecule has 1 heterocycles. The van der Waals surface area contributed by atoms with Gasteiger partial charge in [0.1, 0.15) is 0 Å². The third-order valence-electron chi connectivity index (χ3n) is 6.67. The van der Waals surface area contributed by atoms with Gasteiger partial charge in [0.05, 0.1) is 18.1 Å². The van der Waals surface area contributed by atoms with Crippen LogP contribution in [0.1, 0.15) is 38.5 Å². The monoisotopic (exact) mass is 346 g/mol. The number of aliphatic hydroxyl groups is 1. The number of rotatable bonds is 3. The van der Waals surface area contributed by atoms with Crippen LogP contribution in [0.25, 0.3) is 0 Å². The molecule has 4 aliphatic carbocycles. The maximum absolute atomic E-state index is 12.7. The second-order valence-electron chi connectivity index (χ2n) is 8.55. The third-order valence-corrected chi connectivity index (χ3v) is 6.67. The summed E-state index contributed by atoms with van der Waals surface area (Å²) in [6.07, 6.45) is 0.443. The Labute approximate surface area is 139 Å².